The van der Waals surface area contributed by atoms with Gasteiger partial charge < -0.3 is 58.4 Å². The monoisotopic (exact) mass is 407 g/mol. The maximum atomic E-state index is 2.99. The van der Waals surface area contributed by atoms with E-state index in [2.05, 4.69) is 12.2 Å². The second kappa shape index (κ2) is 22.4. The number of hydrogen-bond donors (Lipinski definition) is 0. The van der Waals surface area contributed by atoms with Crippen molar-refractivity contribution in [2.75, 3.05) is 0 Å². The zero-order chi connectivity index (χ0) is 3.54. The van der Waals surface area contributed by atoms with Crippen molar-refractivity contribution in [3.63, 3.8) is 0 Å². The van der Waals surface area contributed by atoms with Crippen molar-refractivity contribution in [2.24, 2.45) is 0 Å². The quantitative estimate of drug-likeness (QED) is 0.348. The zero-order valence-electron chi connectivity index (χ0n) is 5.57. The minimum Gasteiger partial charge on any atom is -1.00 e. The van der Waals surface area contributed by atoms with Crippen molar-refractivity contribution in [1.29, 1.82) is 0 Å². The fraction of sp³-hybridized carbons (Fsp3) is 0.167. The summed E-state index contributed by atoms with van der Waals surface area (Å²) in [7, 11) is 0. The molecule has 0 amide bonds. The Morgan fingerprint density at radius 2 is 1.60 bits per heavy atom. The summed E-state index contributed by atoms with van der Waals surface area (Å²) in [5.74, 6) is 0. The first-order valence-corrected chi connectivity index (χ1v) is 1.72. The summed E-state index contributed by atoms with van der Waals surface area (Å²) in [6, 6.07) is 0. The molecule has 10 heavy (non-hydrogen) atoms. The van der Waals surface area contributed by atoms with Gasteiger partial charge in [-0.05, 0) is 0 Å². The third kappa shape index (κ3) is 16.4. The Labute approximate surface area is 114 Å². The van der Waals surface area contributed by atoms with Crippen molar-refractivity contribution < 1.29 is 77.1 Å². The van der Waals surface area contributed by atoms with Gasteiger partial charge in [0, 0.05) is 0 Å². The van der Waals surface area contributed by atoms with Gasteiger partial charge in [-0.3, -0.25) is 6.08 Å². The van der Waals surface area contributed by atoms with Gasteiger partial charge in [-0.25, -0.2) is 12.2 Å². The second-order valence-corrected chi connectivity index (χ2v) is 1.00. The molecule has 0 saturated heterocycles. The molecule has 0 nitrogen and oxygen atoms in total. The molecule has 0 fully saturated rings. The standard InChI is InChI=1S/C5H5.CH3.3BrH.Zr/c1-2-4-5-3-1;;;;;/h1-3H,4H2;1H3;3*1H;/q2*-1;;;;+3/p-3. The van der Waals surface area contributed by atoms with E-state index < -0.39 is 0 Å². The van der Waals surface area contributed by atoms with Gasteiger partial charge in [0.05, 0.1) is 0 Å². The average molecular weight is 411 g/mol. The largest absolute Gasteiger partial charge is 3.00 e. The van der Waals surface area contributed by atoms with Crippen molar-refractivity contribution in [3.8, 4) is 0 Å². The van der Waals surface area contributed by atoms with Crippen LogP contribution >= 0.6 is 0 Å². The molecule has 1 rings (SSSR count). The van der Waals surface area contributed by atoms with Gasteiger partial charge >= 0.3 is 26.2 Å². The van der Waals surface area contributed by atoms with E-state index in [1.165, 1.54) is 0 Å². The third-order valence-electron chi connectivity index (χ3n) is 0.586. The molecule has 0 saturated carbocycles. The summed E-state index contributed by atoms with van der Waals surface area (Å²) in [5.41, 5.74) is 0. The topological polar surface area (TPSA) is 0 Å². The molecule has 0 aromatic heterocycles. The summed E-state index contributed by atoms with van der Waals surface area (Å²) < 4.78 is 0. The molecule has 0 heterocycles. The summed E-state index contributed by atoms with van der Waals surface area (Å²) in [6.07, 6.45) is 10.0. The first-order valence-electron chi connectivity index (χ1n) is 1.72. The van der Waals surface area contributed by atoms with E-state index in [9.17, 15) is 0 Å². The van der Waals surface area contributed by atoms with Crippen LogP contribution in [0.25, 0.3) is 0 Å². The number of rotatable bonds is 0. The summed E-state index contributed by atoms with van der Waals surface area (Å²) >= 11 is 0. The van der Waals surface area contributed by atoms with Crippen LogP contribution in [0.3, 0.4) is 0 Å². The maximum Gasteiger partial charge on any atom is 3.00 e. The molecule has 1 radical (unpaired) electrons. The number of hydrogen-bond acceptors (Lipinski definition) is 0. The predicted octanol–water partition coefficient (Wildman–Crippen LogP) is -7.23. The Balaban J connectivity index is -0.0000000167. The Kier molecular flexibility index (Phi) is 66.8. The zero-order valence-corrected chi connectivity index (χ0v) is 12.8. The van der Waals surface area contributed by atoms with E-state index in [1.807, 2.05) is 12.2 Å². The average Bonchev–Trinajstić information content (AvgIpc) is 1.76. The molecular weight excluding hydrogens is 403 g/mol. The van der Waals surface area contributed by atoms with Crippen molar-refractivity contribution in [1.82, 2.24) is 0 Å². The van der Waals surface area contributed by atoms with Gasteiger partial charge in [0.15, 0.2) is 0 Å². The normalized spacial score (nSPS) is 8.80. The van der Waals surface area contributed by atoms with Crippen LogP contribution in [0.2, 0.25) is 0 Å². The Hall–Kier alpha value is 1.80. The molecule has 0 aromatic rings. The molecule has 59 valence electrons. The predicted molar refractivity (Wildman–Crippen MR) is 28.0 cm³/mol. The van der Waals surface area contributed by atoms with Crippen LogP contribution in [0.4, 0.5) is 0 Å². The van der Waals surface area contributed by atoms with Gasteiger partial charge in [0.25, 0.3) is 0 Å². The number of allylic oxidation sites excluding steroid dienone is 4. The third-order valence-corrected chi connectivity index (χ3v) is 0.586. The van der Waals surface area contributed by atoms with Crippen LogP contribution in [-0.2, 0) is 26.2 Å². The molecule has 4 heteroatoms. The van der Waals surface area contributed by atoms with Crippen LogP contribution in [-0.4, -0.2) is 0 Å². The van der Waals surface area contributed by atoms with E-state index in [1.54, 1.807) is 0 Å². The van der Waals surface area contributed by atoms with Gasteiger partial charge in [-0.2, -0.15) is 6.08 Å². The SMILES string of the molecule is [Br-].[Br-].[Br-].[C-]1=CC=CC1.[CH3-].[Zr+3]. The van der Waals surface area contributed by atoms with Crippen LogP contribution in [0.1, 0.15) is 6.42 Å². The second-order valence-electron chi connectivity index (χ2n) is 1.00. The summed E-state index contributed by atoms with van der Waals surface area (Å²) in [5, 5.41) is 0. The van der Waals surface area contributed by atoms with E-state index in [-0.39, 0.29) is 84.6 Å². The van der Waals surface area contributed by atoms with Crippen LogP contribution in [0, 0.1) is 13.5 Å². The Morgan fingerprint density at radius 3 is 1.70 bits per heavy atom. The van der Waals surface area contributed by atoms with Crippen LogP contribution in [0.5, 0.6) is 0 Å². The van der Waals surface area contributed by atoms with Gasteiger partial charge in [0.2, 0.25) is 0 Å². The molecule has 0 aromatic carbocycles. The van der Waals surface area contributed by atoms with Crippen molar-refractivity contribution >= 4 is 0 Å². The van der Waals surface area contributed by atoms with Gasteiger partial charge in [0.1, 0.15) is 0 Å². The number of halogens is 3. The molecule has 1 aliphatic carbocycles. The van der Waals surface area contributed by atoms with E-state index in [4.69, 9.17) is 0 Å². The molecule has 0 aliphatic heterocycles. The maximum absolute atomic E-state index is 2.99. The Morgan fingerprint density at radius 1 is 1.10 bits per heavy atom. The van der Waals surface area contributed by atoms with Crippen molar-refractivity contribution in [3.05, 3.63) is 31.7 Å². The summed E-state index contributed by atoms with van der Waals surface area (Å²) in [4.78, 5) is 0. The first kappa shape index (κ1) is 29.8. The van der Waals surface area contributed by atoms with Crippen LogP contribution < -0.4 is 50.9 Å². The Bertz CT molecular complexity index is 71.1. The fourth-order valence-electron chi connectivity index (χ4n) is 0.340. The van der Waals surface area contributed by atoms with Crippen LogP contribution in [0.15, 0.2) is 18.2 Å². The molecular formula is C6H8Br3Zr-2. The van der Waals surface area contributed by atoms with Crippen molar-refractivity contribution in [2.45, 2.75) is 6.42 Å². The summed E-state index contributed by atoms with van der Waals surface area (Å²) in [6.45, 7) is 0. The fourth-order valence-corrected chi connectivity index (χ4v) is 0.340. The molecule has 1 aliphatic rings. The van der Waals surface area contributed by atoms with E-state index >= 15 is 0 Å². The smallest absolute Gasteiger partial charge is 1.00 e. The molecule has 0 spiro atoms. The van der Waals surface area contributed by atoms with Gasteiger partial charge in [-0.1, -0.05) is 0 Å². The minimum absolute atomic E-state index is 0. The molecule has 0 atom stereocenters. The van der Waals surface area contributed by atoms with E-state index in [0.717, 1.165) is 6.42 Å². The molecule has 0 N–H and O–H groups in total. The van der Waals surface area contributed by atoms with E-state index in [0.29, 0.717) is 0 Å². The molecule has 0 bridgehead atoms. The molecule has 0 unspecified atom stereocenters. The minimum atomic E-state index is 0. The van der Waals surface area contributed by atoms with Gasteiger partial charge in [-0.15, -0.1) is 6.42 Å². The first-order chi connectivity index (χ1) is 2.50.